The lowest BCUT2D eigenvalue weighted by Crippen LogP contribution is -2.28. The number of aryl methyl sites for hydroxylation is 1. The fourth-order valence-electron chi connectivity index (χ4n) is 2.08. The number of amides is 1. The third kappa shape index (κ3) is 3.08. The van der Waals surface area contributed by atoms with Gasteiger partial charge in [0.15, 0.2) is 0 Å². The van der Waals surface area contributed by atoms with Gasteiger partial charge < -0.3 is 10.2 Å². The summed E-state index contributed by atoms with van der Waals surface area (Å²) in [6, 6.07) is 11.4. The highest BCUT2D eigenvalue weighted by atomic mass is 16.6. The highest BCUT2D eigenvalue weighted by Gasteiger charge is 2.28. The minimum absolute atomic E-state index is 0.193. The largest absolute Gasteiger partial charge is 0.382 e. The highest BCUT2D eigenvalue weighted by molar-refractivity contribution is 6.05. The van der Waals surface area contributed by atoms with Crippen molar-refractivity contribution in [3.05, 3.63) is 59.9 Å². The summed E-state index contributed by atoms with van der Waals surface area (Å²) < 4.78 is 0. The van der Waals surface area contributed by atoms with Crippen molar-refractivity contribution in [2.75, 3.05) is 5.32 Å². The summed E-state index contributed by atoms with van der Waals surface area (Å²) in [5, 5.41) is 6.81. The van der Waals surface area contributed by atoms with E-state index < -0.39 is 6.10 Å². The molecule has 1 aliphatic rings. The van der Waals surface area contributed by atoms with E-state index >= 15 is 0 Å². The van der Waals surface area contributed by atoms with Crippen molar-refractivity contribution in [2.24, 2.45) is 5.16 Å². The summed E-state index contributed by atoms with van der Waals surface area (Å²) in [5.41, 5.74) is 3.52. The van der Waals surface area contributed by atoms with Crippen LogP contribution in [0.3, 0.4) is 0 Å². The van der Waals surface area contributed by atoms with Crippen LogP contribution in [0.15, 0.2) is 53.9 Å². The van der Waals surface area contributed by atoms with Crippen molar-refractivity contribution < 1.29 is 9.63 Å². The van der Waals surface area contributed by atoms with Crippen LogP contribution in [0.1, 0.15) is 17.5 Å². The Morgan fingerprint density at radius 2 is 2.10 bits per heavy atom. The number of oxime groups is 1. The second kappa shape index (κ2) is 5.75. The first-order valence-corrected chi connectivity index (χ1v) is 6.73. The molecular formula is C16H15N3O2. The zero-order valence-electron chi connectivity index (χ0n) is 11.6. The maximum Gasteiger partial charge on any atom is 0.268 e. The standard InChI is InChI=1S/C16H15N3O2/c1-11-4-6-13(7-5-11)18-16(20)15-9-14(19-21-15)12-3-2-8-17-10-12/h2-8,10,15H,9H2,1H3,(H,18,20). The summed E-state index contributed by atoms with van der Waals surface area (Å²) in [5.74, 6) is -0.193. The maximum atomic E-state index is 12.2. The van der Waals surface area contributed by atoms with Crippen LogP contribution in [0.4, 0.5) is 5.69 Å². The fourth-order valence-corrected chi connectivity index (χ4v) is 2.08. The molecule has 0 bridgehead atoms. The third-order valence-corrected chi connectivity index (χ3v) is 3.28. The first-order valence-electron chi connectivity index (χ1n) is 6.73. The quantitative estimate of drug-likeness (QED) is 0.940. The molecule has 5 heteroatoms. The van der Waals surface area contributed by atoms with E-state index in [4.69, 9.17) is 4.84 Å². The van der Waals surface area contributed by atoms with Gasteiger partial charge in [-0.3, -0.25) is 9.78 Å². The smallest absolute Gasteiger partial charge is 0.268 e. The fraction of sp³-hybridized carbons (Fsp3) is 0.188. The van der Waals surface area contributed by atoms with E-state index in [1.54, 1.807) is 12.4 Å². The van der Waals surface area contributed by atoms with Crippen molar-refractivity contribution in [2.45, 2.75) is 19.4 Å². The minimum Gasteiger partial charge on any atom is -0.382 e. The maximum absolute atomic E-state index is 12.2. The van der Waals surface area contributed by atoms with Crippen LogP contribution in [-0.4, -0.2) is 22.7 Å². The molecule has 1 N–H and O–H groups in total. The van der Waals surface area contributed by atoms with Gasteiger partial charge in [-0.2, -0.15) is 0 Å². The Bertz CT molecular complexity index is 666. The number of pyridine rings is 1. The number of aromatic nitrogens is 1. The molecule has 106 valence electrons. The van der Waals surface area contributed by atoms with E-state index in [2.05, 4.69) is 15.5 Å². The van der Waals surface area contributed by atoms with E-state index in [1.807, 2.05) is 43.3 Å². The monoisotopic (exact) mass is 281 g/mol. The number of anilines is 1. The molecule has 0 radical (unpaired) electrons. The number of carbonyl (C=O) groups excluding carboxylic acids is 1. The summed E-state index contributed by atoms with van der Waals surface area (Å²) in [6.07, 6.45) is 3.26. The number of nitrogens with one attached hydrogen (secondary N) is 1. The van der Waals surface area contributed by atoms with Gasteiger partial charge in [-0.25, -0.2) is 0 Å². The van der Waals surface area contributed by atoms with Gasteiger partial charge in [-0.1, -0.05) is 22.9 Å². The first-order chi connectivity index (χ1) is 10.2. The topological polar surface area (TPSA) is 63.6 Å². The second-order valence-corrected chi connectivity index (χ2v) is 4.93. The molecule has 0 saturated heterocycles. The molecule has 2 aromatic rings. The normalized spacial score (nSPS) is 17.0. The number of hydrogen-bond donors (Lipinski definition) is 1. The van der Waals surface area contributed by atoms with Crippen LogP contribution in [0.5, 0.6) is 0 Å². The molecule has 1 atom stereocenters. The van der Waals surface area contributed by atoms with Gasteiger partial charge in [-0.15, -0.1) is 0 Å². The summed E-state index contributed by atoms with van der Waals surface area (Å²) in [6.45, 7) is 2.00. The lowest BCUT2D eigenvalue weighted by Gasteiger charge is -2.09. The number of nitrogens with zero attached hydrogens (tertiary/aromatic N) is 2. The first kappa shape index (κ1) is 13.3. The third-order valence-electron chi connectivity index (χ3n) is 3.28. The zero-order chi connectivity index (χ0) is 14.7. The molecule has 21 heavy (non-hydrogen) atoms. The summed E-state index contributed by atoms with van der Waals surface area (Å²) in [7, 11) is 0. The molecule has 0 spiro atoms. The molecule has 1 amide bonds. The van der Waals surface area contributed by atoms with Gasteiger partial charge in [0, 0.05) is 30.1 Å². The Hall–Kier alpha value is -2.69. The molecule has 1 unspecified atom stereocenters. The summed E-state index contributed by atoms with van der Waals surface area (Å²) in [4.78, 5) is 21.4. The van der Waals surface area contributed by atoms with Crippen LogP contribution in [-0.2, 0) is 9.63 Å². The lowest BCUT2D eigenvalue weighted by molar-refractivity contribution is -0.125. The lowest BCUT2D eigenvalue weighted by atomic mass is 10.1. The molecular weight excluding hydrogens is 266 g/mol. The average Bonchev–Trinajstić information content (AvgIpc) is 3.00. The van der Waals surface area contributed by atoms with Gasteiger partial charge in [0.1, 0.15) is 0 Å². The Kier molecular flexibility index (Phi) is 3.64. The van der Waals surface area contributed by atoms with Gasteiger partial charge in [-0.05, 0) is 31.2 Å². The average molecular weight is 281 g/mol. The van der Waals surface area contributed by atoms with Crippen molar-refractivity contribution >= 4 is 17.3 Å². The van der Waals surface area contributed by atoms with E-state index in [9.17, 15) is 4.79 Å². The predicted molar refractivity (Wildman–Crippen MR) is 80.1 cm³/mol. The zero-order valence-corrected chi connectivity index (χ0v) is 11.6. The van der Waals surface area contributed by atoms with Crippen molar-refractivity contribution in [3.63, 3.8) is 0 Å². The van der Waals surface area contributed by atoms with Crippen LogP contribution in [0.25, 0.3) is 0 Å². The van der Waals surface area contributed by atoms with Crippen LogP contribution in [0.2, 0.25) is 0 Å². The summed E-state index contributed by atoms with van der Waals surface area (Å²) >= 11 is 0. The number of rotatable bonds is 3. The highest BCUT2D eigenvalue weighted by Crippen LogP contribution is 2.18. The van der Waals surface area contributed by atoms with Crippen LogP contribution >= 0.6 is 0 Å². The van der Waals surface area contributed by atoms with Crippen LogP contribution < -0.4 is 5.32 Å². The van der Waals surface area contributed by atoms with E-state index in [1.165, 1.54) is 0 Å². The Morgan fingerprint density at radius 3 is 2.81 bits per heavy atom. The van der Waals surface area contributed by atoms with E-state index in [-0.39, 0.29) is 5.91 Å². The van der Waals surface area contributed by atoms with E-state index in [0.29, 0.717) is 6.42 Å². The molecule has 3 rings (SSSR count). The molecule has 1 aromatic carbocycles. The molecule has 2 heterocycles. The Labute approximate surface area is 122 Å². The molecule has 0 saturated carbocycles. The molecule has 5 nitrogen and oxygen atoms in total. The van der Waals surface area contributed by atoms with Crippen LogP contribution in [0, 0.1) is 6.92 Å². The SMILES string of the molecule is Cc1ccc(NC(=O)C2CC(c3cccnc3)=NO2)cc1. The van der Waals surface area contributed by atoms with Gasteiger partial charge in [0.05, 0.1) is 5.71 Å². The van der Waals surface area contributed by atoms with Crippen molar-refractivity contribution in [3.8, 4) is 0 Å². The molecule has 1 aromatic heterocycles. The minimum atomic E-state index is -0.596. The van der Waals surface area contributed by atoms with Crippen molar-refractivity contribution in [1.82, 2.24) is 4.98 Å². The van der Waals surface area contributed by atoms with Gasteiger partial charge in [0.25, 0.3) is 5.91 Å². The second-order valence-electron chi connectivity index (χ2n) is 4.93. The number of carbonyl (C=O) groups is 1. The Balaban J connectivity index is 1.62. The predicted octanol–water partition coefficient (Wildman–Crippen LogP) is 2.52. The Morgan fingerprint density at radius 1 is 1.29 bits per heavy atom. The molecule has 0 fully saturated rings. The number of benzene rings is 1. The number of hydrogen-bond acceptors (Lipinski definition) is 4. The molecule has 1 aliphatic heterocycles. The molecule has 0 aliphatic carbocycles. The van der Waals surface area contributed by atoms with Gasteiger partial charge in [0.2, 0.25) is 6.10 Å². The van der Waals surface area contributed by atoms with Crippen molar-refractivity contribution in [1.29, 1.82) is 0 Å². The van der Waals surface area contributed by atoms with E-state index in [0.717, 1.165) is 22.5 Å². The van der Waals surface area contributed by atoms with Gasteiger partial charge >= 0.3 is 0 Å².